The van der Waals surface area contributed by atoms with Crippen molar-refractivity contribution in [3.63, 3.8) is 0 Å². The molecule has 1 aliphatic heterocycles. The molecule has 5 N–H and O–H groups in total. The number of ether oxygens (including phenoxy) is 1. The molecule has 0 amide bonds. The molecule has 1 aromatic heterocycles. The standard InChI is InChI=1S/C9H13N2O9P.K.H/c12-5-1-2-11(9(15)10-5)8-7(14)6(13)4(20-8)3-19-21(16,17)18;;/h1-2,4,6-8,13-14H,3H2,(H,10,12,15)(H2,16,17,18);;/t4-,6-,7-,8-;;/m0../s1. The van der Waals surface area contributed by atoms with E-state index in [9.17, 15) is 24.4 Å². The van der Waals surface area contributed by atoms with Crippen molar-refractivity contribution in [3.05, 3.63) is 33.1 Å². The summed E-state index contributed by atoms with van der Waals surface area (Å²) < 4.78 is 20.8. The molecule has 0 aromatic carbocycles. The summed E-state index contributed by atoms with van der Waals surface area (Å²) in [6, 6.07) is 1.02. The first-order valence-electron chi connectivity index (χ1n) is 5.72. The van der Waals surface area contributed by atoms with E-state index in [0.29, 0.717) is 0 Å². The molecule has 0 spiro atoms. The topological polar surface area (TPSA) is 171 Å². The summed E-state index contributed by atoms with van der Waals surface area (Å²) in [4.78, 5) is 41.6. The number of nitrogens with one attached hydrogen (secondary N) is 1. The fourth-order valence-electron chi connectivity index (χ4n) is 1.89. The fourth-order valence-corrected chi connectivity index (χ4v) is 2.24. The van der Waals surface area contributed by atoms with Crippen LogP contribution in [0.1, 0.15) is 6.23 Å². The van der Waals surface area contributed by atoms with Crippen LogP contribution in [0.2, 0.25) is 0 Å². The van der Waals surface area contributed by atoms with E-state index in [-0.39, 0.29) is 51.4 Å². The van der Waals surface area contributed by atoms with Crippen molar-refractivity contribution in [2.75, 3.05) is 6.61 Å². The summed E-state index contributed by atoms with van der Waals surface area (Å²) in [5.41, 5.74) is -1.51. The van der Waals surface area contributed by atoms with Crippen molar-refractivity contribution in [3.8, 4) is 0 Å². The van der Waals surface area contributed by atoms with Crippen LogP contribution in [0.5, 0.6) is 0 Å². The van der Waals surface area contributed by atoms with Gasteiger partial charge in [0.15, 0.2) is 6.23 Å². The first-order chi connectivity index (χ1) is 9.69. The molecule has 22 heavy (non-hydrogen) atoms. The second-order valence-electron chi connectivity index (χ2n) is 4.35. The minimum atomic E-state index is -4.76. The molecular weight excluding hydrogens is 350 g/mol. The van der Waals surface area contributed by atoms with Crippen LogP contribution in [0.3, 0.4) is 0 Å². The van der Waals surface area contributed by atoms with Crippen molar-refractivity contribution >= 4 is 59.2 Å². The molecule has 1 fully saturated rings. The molecule has 0 saturated carbocycles. The Labute approximate surface area is 165 Å². The number of H-pyrrole nitrogens is 1. The Morgan fingerprint density at radius 3 is 2.50 bits per heavy atom. The van der Waals surface area contributed by atoms with Gasteiger partial charge in [0.25, 0.3) is 5.56 Å². The molecule has 4 atom stereocenters. The van der Waals surface area contributed by atoms with Gasteiger partial charge in [-0.25, -0.2) is 9.36 Å². The summed E-state index contributed by atoms with van der Waals surface area (Å²) in [6.07, 6.45) is -4.58. The third kappa shape index (κ3) is 4.90. The van der Waals surface area contributed by atoms with Crippen LogP contribution in [0.4, 0.5) is 0 Å². The zero-order valence-corrected chi connectivity index (χ0v) is 11.3. The Kier molecular flexibility index (Phi) is 7.33. The molecule has 13 heteroatoms. The van der Waals surface area contributed by atoms with Gasteiger partial charge in [-0.3, -0.25) is 18.9 Å². The first kappa shape index (κ1) is 20.4. The molecule has 2 heterocycles. The van der Waals surface area contributed by atoms with Gasteiger partial charge in [-0.05, 0) is 0 Å². The molecule has 1 saturated heterocycles. The van der Waals surface area contributed by atoms with Gasteiger partial charge in [-0.1, -0.05) is 0 Å². The van der Waals surface area contributed by atoms with Crippen LogP contribution >= 0.6 is 7.82 Å². The van der Waals surface area contributed by atoms with Gasteiger partial charge in [0, 0.05) is 12.3 Å². The second kappa shape index (κ2) is 7.92. The molecule has 0 bridgehead atoms. The van der Waals surface area contributed by atoms with Crippen molar-refractivity contribution in [1.82, 2.24) is 9.55 Å². The number of phosphoric ester groups is 1. The molecule has 1 aromatic rings. The number of aliphatic hydroxyl groups is 2. The Bertz CT molecular complexity index is 670. The van der Waals surface area contributed by atoms with Gasteiger partial charge in [-0.2, -0.15) is 0 Å². The number of hydrogen-bond donors (Lipinski definition) is 5. The summed E-state index contributed by atoms with van der Waals surface area (Å²) in [6.45, 7) is -0.683. The van der Waals surface area contributed by atoms with E-state index in [1.165, 1.54) is 0 Å². The zero-order chi connectivity index (χ0) is 15.8. The zero-order valence-electron chi connectivity index (χ0n) is 10.4. The number of aromatic amines is 1. The van der Waals surface area contributed by atoms with Gasteiger partial charge in [0.2, 0.25) is 0 Å². The number of rotatable bonds is 4. The molecule has 2 rings (SSSR count). The van der Waals surface area contributed by atoms with Gasteiger partial charge < -0.3 is 24.7 Å². The maximum atomic E-state index is 11.6. The van der Waals surface area contributed by atoms with Gasteiger partial charge in [0.05, 0.1) is 6.61 Å². The summed E-state index contributed by atoms with van der Waals surface area (Å²) in [7, 11) is -4.76. The van der Waals surface area contributed by atoms with Crippen LogP contribution in [-0.2, 0) is 13.8 Å². The molecule has 1 aliphatic rings. The number of aromatic nitrogens is 2. The Morgan fingerprint density at radius 2 is 1.95 bits per heavy atom. The Morgan fingerprint density at radius 1 is 1.32 bits per heavy atom. The quantitative estimate of drug-likeness (QED) is 0.270. The van der Waals surface area contributed by atoms with Crippen molar-refractivity contribution in [2.45, 2.75) is 24.5 Å². The normalized spacial score (nSPS) is 28.4. The van der Waals surface area contributed by atoms with E-state index >= 15 is 0 Å². The third-order valence-electron chi connectivity index (χ3n) is 2.87. The van der Waals surface area contributed by atoms with E-state index in [4.69, 9.17) is 14.5 Å². The molecule has 11 nitrogen and oxygen atoms in total. The Hall–Kier alpha value is 0.306. The van der Waals surface area contributed by atoms with E-state index in [1.54, 1.807) is 0 Å². The van der Waals surface area contributed by atoms with Crippen LogP contribution in [0.25, 0.3) is 0 Å². The predicted octanol–water partition coefficient (Wildman–Crippen LogP) is -3.38. The van der Waals surface area contributed by atoms with E-state index < -0.39 is 50.2 Å². The summed E-state index contributed by atoms with van der Waals surface area (Å²) in [5.74, 6) is 0. The van der Waals surface area contributed by atoms with Gasteiger partial charge in [0.1, 0.15) is 18.3 Å². The van der Waals surface area contributed by atoms with Crippen LogP contribution in [-0.4, -0.2) is 106 Å². The second-order valence-corrected chi connectivity index (χ2v) is 5.59. The van der Waals surface area contributed by atoms with Gasteiger partial charge >= 0.3 is 64.9 Å². The summed E-state index contributed by atoms with van der Waals surface area (Å²) >= 11 is 0. The molecule has 120 valence electrons. The monoisotopic (exact) mass is 364 g/mol. The number of nitrogens with zero attached hydrogens (tertiary/aromatic N) is 1. The van der Waals surface area contributed by atoms with Crippen molar-refractivity contribution in [2.24, 2.45) is 0 Å². The van der Waals surface area contributed by atoms with E-state index in [0.717, 1.165) is 16.8 Å². The minimum absolute atomic E-state index is 0. The van der Waals surface area contributed by atoms with Crippen molar-refractivity contribution < 1.29 is 33.8 Å². The average molecular weight is 364 g/mol. The molecular formula is C9H14KN2O9P. The number of phosphoric acid groups is 1. The molecule has 0 unspecified atom stereocenters. The van der Waals surface area contributed by atoms with E-state index in [2.05, 4.69) is 4.52 Å². The van der Waals surface area contributed by atoms with E-state index in [1.807, 2.05) is 4.98 Å². The number of aliphatic hydroxyl groups excluding tert-OH is 2. The van der Waals surface area contributed by atoms with Crippen molar-refractivity contribution in [1.29, 1.82) is 0 Å². The predicted molar refractivity (Wildman–Crippen MR) is 72.4 cm³/mol. The number of hydrogen-bond acceptors (Lipinski definition) is 7. The Balaban J connectivity index is 0.00000242. The SMILES string of the molecule is O=c1ccn([C@H]2O[C@@H](COP(=O)(O)O)[C@H](O)[C@@H]2O)c(=O)[nH]1.[KH]. The van der Waals surface area contributed by atoms with Gasteiger partial charge in [-0.15, -0.1) is 0 Å². The van der Waals surface area contributed by atoms with Crippen LogP contribution < -0.4 is 11.2 Å². The summed E-state index contributed by atoms with van der Waals surface area (Å²) in [5, 5.41) is 19.6. The fraction of sp³-hybridized carbons (Fsp3) is 0.556. The first-order valence-corrected chi connectivity index (χ1v) is 7.25. The average Bonchev–Trinajstić information content (AvgIpc) is 2.64. The van der Waals surface area contributed by atoms with Crippen LogP contribution in [0, 0.1) is 0 Å². The maximum absolute atomic E-state index is 11.6. The molecule has 0 aliphatic carbocycles. The molecule has 0 radical (unpaired) electrons. The third-order valence-corrected chi connectivity index (χ3v) is 3.35. The van der Waals surface area contributed by atoms with Crippen LogP contribution in [0.15, 0.2) is 21.9 Å².